The molecule has 1 amide bonds. The van der Waals surface area contributed by atoms with Crippen LogP contribution in [0.4, 0.5) is 43.4 Å². The summed E-state index contributed by atoms with van der Waals surface area (Å²) in [6.45, 7) is 0.349. The topological polar surface area (TPSA) is 106 Å². The molecule has 3 N–H and O–H groups in total. The summed E-state index contributed by atoms with van der Waals surface area (Å²) in [5.41, 5.74) is -2.45. The fourth-order valence-electron chi connectivity index (χ4n) is 4.05. The first kappa shape index (κ1) is 29.0. The summed E-state index contributed by atoms with van der Waals surface area (Å²) in [7, 11) is 0. The highest BCUT2D eigenvalue weighted by molar-refractivity contribution is 5.77. The number of hydrogen-bond acceptors (Lipinski definition) is 6. The fraction of sp³-hybridized carbons (Fsp3) is 0.458. The second-order valence-electron chi connectivity index (χ2n) is 8.77. The van der Waals surface area contributed by atoms with Gasteiger partial charge in [-0.15, -0.1) is 0 Å². The van der Waals surface area contributed by atoms with Crippen molar-refractivity contribution in [3.8, 4) is 0 Å². The van der Waals surface area contributed by atoms with Crippen LogP contribution >= 0.6 is 0 Å². The molecule has 38 heavy (non-hydrogen) atoms. The number of anilines is 2. The molecule has 0 heterocycles. The molecule has 3 rings (SSSR count). The van der Waals surface area contributed by atoms with E-state index >= 15 is 0 Å². The molecule has 208 valence electrons. The lowest BCUT2D eigenvalue weighted by Gasteiger charge is -2.29. The van der Waals surface area contributed by atoms with Gasteiger partial charge in [-0.05, 0) is 62.1 Å². The average Bonchev–Trinajstić information content (AvgIpc) is 2.85. The van der Waals surface area contributed by atoms with Gasteiger partial charge in [0.25, 0.3) is 5.69 Å². The standard InChI is InChI=1S/C24H26F6N4O4/c25-23(26,27)15-1-3-16(4-2-15)31-11-12-32-22(35)14-38-19-8-5-17(6-9-19)33-18-7-10-21(34(36)37)20(13-18)24(28,29)30/h1-4,7,10,13,17,19,31,33H,5-6,8-9,11-12,14H2,(H,32,35)/t17-,19-. The molecule has 0 aliphatic heterocycles. The number of benzene rings is 2. The molecule has 0 saturated heterocycles. The molecular formula is C24H26F6N4O4. The van der Waals surface area contributed by atoms with Crippen molar-refractivity contribution in [2.45, 2.75) is 50.2 Å². The summed E-state index contributed by atoms with van der Waals surface area (Å²) in [5, 5.41) is 19.4. The van der Waals surface area contributed by atoms with Crippen molar-refractivity contribution in [2.24, 2.45) is 0 Å². The van der Waals surface area contributed by atoms with Crippen LogP contribution in [0.3, 0.4) is 0 Å². The van der Waals surface area contributed by atoms with E-state index in [2.05, 4.69) is 16.0 Å². The van der Waals surface area contributed by atoms with Crippen LogP contribution in [0.5, 0.6) is 0 Å². The molecular weight excluding hydrogens is 522 g/mol. The molecule has 1 aliphatic carbocycles. The van der Waals surface area contributed by atoms with E-state index in [0.29, 0.717) is 37.9 Å². The Kier molecular flexibility index (Phi) is 9.41. The number of nitro benzene ring substituents is 1. The number of halogens is 6. The Bertz CT molecular complexity index is 1100. The molecule has 1 aliphatic rings. The third-order valence-corrected chi connectivity index (χ3v) is 5.98. The van der Waals surface area contributed by atoms with E-state index in [1.165, 1.54) is 18.2 Å². The molecule has 0 bridgehead atoms. The SMILES string of the molecule is O=C(CO[C@H]1CC[C@H](Nc2ccc([N+](=O)[O-])c(C(F)(F)F)c2)CC1)NCCNc1ccc(C(F)(F)F)cc1. The Balaban J connectivity index is 1.34. The van der Waals surface area contributed by atoms with Gasteiger partial charge in [0.05, 0.1) is 16.6 Å². The van der Waals surface area contributed by atoms with Crippen molar-refractivity contribution in [3.05, 3.63) is 63.7 Å². The third kappa shape index (κ3) is 8.50. The van der Waals surface area contributed by atoms with Gasteiger partial charge >= 0.3 is 12.4 Å². The molecule has 0 spiro atoms. The van der Waals surface area contributed by atoms with Crippen molar-refractivity contribution < 1.29 is 40.8 Å². The average molecular weight is 548 g/mol. The Morgan fingerprint density at radius 1 is 0.921 bits per heavy atom. The summed E-state index contributed by atoms with van der Waals surface area (Å²) < 4.78 is 82.9. The molecule has 2 aromatic rings. The van der Waals surface area contributed by atoms with Gasteiger partial charge in [0, 0.05) is 36.6 Å². The van der Waals surface area contributed by atoms with Gasteiger partial charge in [-0.1, -0.05) is 0 Å². The lowest BCUT2D eigenvalue weighted by molar-refractivity contribution is -0.388. The number of carbonyl (C=O) groups excluding carboxylic acids is 1. The first-order valence-electron chi connectivity index (χ1n) is 11.7. The van der Waals surface area contributed by atoms with Crippen LogP contribution in [-0.2, 0) is 21.9 Å². The molecule has 8 nitrogen and oxygen atoms in total. The monoisotopic (exact) mass is 548 g/mol. The minimum atomic E-state index is -4.86. The first-order valence-corrected chi connectivity index (χ1v) is 11.7. The number of nitrogens with one attached hydrogen (secondary N) is 3. The van der Waals surface area contributed by atoms with Crippen molar-refractivity contribution >= 4 is 23.0 Å². The second kappa shape index (κ2) is 12.3. The van der Waals surface area contributed by atoms with Crippen LogP contribution < -0.4 is 16.0 Å². The van der Waals surface area contributed by atoms with E-state index in [0.717, 1.165) is 24.3 Å². The first-order chi connectivity index (χ1) is 17.8. The Morgan fingerprint density at radius 2 is 1.55 bits per heavy atom. The van der Waals surface area contributed by atoms with Crippen LogP contribution in [0.1, 0.15) is 36.8 Å². The van der Waals surface area contributed by atoms with Gasteiger partial charge in [-0.25, -0.2) is 0 Å². The van der Waals surface area contributed by atoms with Crippen LogP contribution in [0, 0.1) is 10.1 Å². The van der Waals surface area contributed by atoms with Crippen LogP contribution in [0.15, 0.2) is 42.5 Å². The maximum absolute atomic E-state index is 13.2. The van der Waals surface area contributed by atoms with Crippen LogP contribution in [-0.4, -0.2) is 42.7 Å². The maximum atomic E-state index is 13.2. The lowest BCUT2D eigenvalue weighted by Crippen LogP contribution is -2.35. The van der Waals surface area contributed by atoms with Crippen LogP contribution in [0.25, 0.3) is 0 Å². The van der Waals surface area contributed by atoms with Gasteiger partial charge in [-0.2, -0.15) is 26.3 Å². The minimum absolute atomic E-state index is 0.136. The van der Waals surface area contributed by atoms with E-state index in [4.69, 9.17) is 4.74 Å². The zero-order valence-electron chi connectivity index (χ0n) is 20.0. The van der Waals surface area contributed by atoms with Gasteiger partial charge in [-0.3, -0.25) is 14.9 Å². The largest absolute Gasteiger partial charge is 0.423 e. The number of rotatable bonds is 10. The van der Waals surface area contributed by atoms with E-state index < -0.39 is 34.1 Å². The number of hydrogen-bond donors (Lipinski definition) is 3. The van der Waals surface area contributed by atoms with Gasteiger partial charge in [0.1, 0.15) is 12.2 Å². The summed E-state index contributed by atoms with van der Waals surface area (Å²) >= 11 is 0. The molecule has 2 aromatic carbocycles. The molecule has 0 aromatic heterocycles. The maximum Gasteiger partial charge on any atom is 0.423 e. The summed E-state index contributed by atoms with van der Waals surface area (Å²) in [5.74, 6) is -0.356. The number of nitro groups is 1. The van der Waals surface area contributed by atoms with Gasteiger partial charge in [0.2, 0.25) is 5.91 Å². The fourth-order valence-corrected chi connectivity index (χ4v) is 4.05. The molecule has 0 radical (unpaired) electrons. The van der Waals surface area contributed by atoms with E-state index in [1.807, 2.05) is 0 Å². The van der Waals surface area contributed by atoms with E-state index in [1.54, 1.807) is 0 Å². The Hall–Kier alpha value is -3.55. The van der Waals surface area contributed by atoms with Crippen molar-refractivity contribution in [1.29, 1.82) is 0 Å². The predicted octanol–water partition coefficient (Wildman–Crippen LogP) is 5.60. The Labute approximate surface area is 213 Å². The second-order valence-corrected chi connectivity index (χ2v) is 8.77. The summed E-state index contributed by atoms with van der Waals surface area (Å²) in [4.78, 5) is 21.8. The molecule has 0 atom stereocenters. The normalized spacial score (nSPS) is 18.1. The highest BCUT2D eigenvalue weighted by atomic mass is 19.4. The zero-order chi connectivity index (χ0) is 27.9. The third-order valence-electron chi connectivity index (χ3n) is 5.98. The number of alkyl halides is 6. The number of amides is 1. The smallest absolute Gasteiger partial charge is 0.383 e. The molecule has 1 saturated carbocycles. The summed E-state index contributed by atoms with van der Waals surface area (Å²) in [6, 6.07) is 7.19. The number of carbonyl (C=O) groups is 1. The lowest BCUT2D eigenvalue weighted by atomic mass is 9.92. The van der Waals surface area contributed by atoms with Crippen molar-refractivity contribution in [3.63, 3.8) is 0 Å². The van der Waals surface area contributed by atoms with Crippen molar-refractivity contribution in [1.82, 2.24) is 5.32 Å². The van der Waals surface area contributed by atoms with E-state index in [9.17, 15) is 41.3 Å². The molecule has 1 fully saturated rings. The minimum Gasteiger partial charge on any atom is -0.383 e. The Morgan fingerprint density at radius 3 is 2.13 bits per heavy atom. The highest BCUT2D eigenvalue weighted by Gasteiger charge is 2.38. The highest BCUT2D eigenvalue weighted by Crippen LogP contribution is 2.38. The molecule has 14 heteroatoms. The van der Waals surface area contributed by atoms with E-state index in [-0.39, 0.29) is 36.9 Å². The van der Waals surface area contributed by atoms with Gasteiger partial charge in [0.15, 0.2) is 0 Å². The van der Waals surface area contributed by atoms with Gasteiger partial charge < -0.3 is 20.7 Å². The number of nitrogens with zero attached hydrogens (tertiary/aromatic N) is 1. The quantitative estimate of drug-likeness (QED) is 0.155. The molecule has 0 unspecified atom stereocenters. The summed E-state index contributed by atoms with van der Waals surface area (Å²) in [6.07, 6.45) is -7.19. The van der Waals surface area contributed by atoms with Crippen molar-refractivity contribution in [2.75, 3.05) is 30.3 Å². The zero-order valence-corrected chi connectivity index (χ0v) is 20.0. The number of ether oxygens (including phenoxy) is 1. The van der Waals surface area contributed by atoms with Crippen LogP contribution in [0.2, 0.25) is 0 Å². The predicted molar refractivity (Wildman–Crippen MR) is 127 cm³/mol.